The van der Waals surface area contributed by atoms with Crippen LogP contribution in [0, 0.1) is 6.92 Å². The SMILES string of the molecule is Cc1scc2c(=O)[nH]c(N)nc12. The lowest BCUT2D eigenvalue weighted by molar-refractivity contribution is 1.19. The van der Waals surface area contributed by atoms with Crippen LogP contribution < -0.4 is 11.3 Å². The molecule has 2 aromatic heterocycles. The van der Waals surface area contributed by atoms with Gasteiger partial charge in [0.2, 0.25) is 5.95 Å². The van der Waals surface area contributed by atoms with Gasteiger partial charge in [-0.3, -0.25) is 9.78 Å². The Hall–Kier alpha value is -1.36. The summed E-state index contributed by atoms with van der Waals surface area (Å²) in [5, 5.41) is 2.40. The molecule has 0 saturated heterocycles. The third-order valence-corrected chi connectivity index (χ3v) is 2.56. The first-order valence-corrected chi connectivity index (χ1v) is 4.30. The first kappa shape index (κ1) is 7.30. The van der Waals surface area contributed by atoms with E-state index >= 15 is 0 Å². The van der Waals surface area contributed by atoms with Crippen LogP contribution in [0.5, 0.6) is 0 Å². The molecule has 0 amide bonds. The van der Waals surface area contributed by atoms with Crippen LogP contribution in [0.3, 0.4) is 0 Å². The zero-order chi connectivity index (χ0) is 8.72. The van der Waals surface area contributed by atoms with Crippen LogP contribution in [-0.4, -0.2) is 9.97 Å². The first-order valence-electron chi connectivity index (χ1n) is 3.42. The van der Waals surface area contributed by atoms with Gasteiger partial charge >= 0.3 is 0 Å². The van der Waals surface area contributed by atoms with Crippen molar-refractivity contribution in [2.45, 2.75) is 6.92 Å². The second-order valence-corrected chi connectivity index (χ2v) is 3.59. The zero-order valence-corrected chi connectivity index (χ0v) is 7.23. The largest absolute Gasteiger partial charge is 0.369 e. The number of nitrogens with two attached hydrogens (primary N) is 1. The minimum Gasteiger partial charge on any atom is -0.369 e. The van der Waals surface area contributed by atoms with Crippen LogP contribution >= 0.6 is 11.3 Å². The minimum atomic E-state index is -0.165. The van der Waals surface area contributed by atoms with Gasteiger partial charge in [-0.15, -0.1) is 11.3 Å². The molecule has 12 heavy (non-hydrogen) atoms. The molecule has 2 heterocycles. The summed E-state index contributed by atoms with van der Waals surface area (Å²) in [4.78, 5) is 18.7. The van der Waals surface area contributed by atoms with E-state index in [1.54, 1.807) is 5.38 Å². The number of nitrogens with one attached hydrogen (secondary N) is 1. The highest BCUT2D eigenvalue weighted by Crippen LogP contribution is 2.19. The summed E-state index contributed by atoms with van der Waals surface area (Å²) in [5.41, 5.74) is 5.94. The number of hydrogen-bond donors (Lipinski definition) is 2. The number of hydrogen-bond acceptors (Lipinski definition) is 4. The number of fused-ring (bicyclic) bond motifs is 1. The molecule has 0 aliphatic heterocycles. The van der Waals surface area contributed by atoms with Crippen LogP contribution in [0.25, 0.3) is 10.9 Å². The Kier molecular flexibility index (Phi) is 1.41. The molecule has 0 radical (unpaired) electrons. The highest BCUT2D eigenvalue weighted by atomic mass is 32.1. The van der Waals surface area contributed by atoms with E-state index in [0.717, 1.165) is 4.88 Å². The van der Waals surface area contributed by atoms with Gasteiger partial charge in [-0.2, -0.15) is 0 Å². The van der Waals surface area contributed by atoms with E-state index in [1.165, 1.54) is 11.3 Å². The first-order chi connectivity index (χ1) is 5.68. The van der Waals surface area contributed by atoms with E-state index in [2.05, 4.69) is 9.97 Å². The van der Waals surface area contributed by atoms with Crippen LogP contribution in [0.15, 0.2) is 10.2 Å². The third-order valence-electron chi connectivity index (χ3n) is 1.66. The highest BCUT2D eigenvalue weighted by Gasteiger charge is 2.05. The summed E-state index contributed by atoms with van der Waals surface area (Å²) in [6.07, 6.45) is 0. The maximum atomic E-state index is 11.2. The van der Waals surface area contributed by atoms with Crippen molar-refractivity contribution in [3.8, 4) is 0 Å². The Bertz CT molecular complexity index is 485. The Balaban J connectivity index is 3.03. The van der Waals surface area contributed by atoms with E-state index in [-0.39, 0.29) is 11.5 Å². The average molecular weight is 181 g/mol. The number of aromatic amines is 1. The maximum Gasteiger partial charge on any atom is 0.261 e. The van der Waals surface area contributed by atoms with Gasteiger partial charge in [0, 0.05) is 10.3 Å². The summed E-state index contributed by atoms with van der Waals surface area (Å²) < 4.78 is 0. The van der Waals surface area contributed by atoms with Crippen molar-refractivity contribution in [2.24, 2.45) is 0 Å². The van der Waals surface area contributed by atoms with Crippen molar-refractivity contribution >= 4 is 28.2 Å². The molecular weight excluding hydrogens is 174 g/mol. The second-order valence-electron chi connectivity index (χ2n) is 2.51. The van der Waals surface area contributed by atoms with Gasteiger partial charge in [-0.05, 0) is 6.92 Å². The molecule has 0 aliphatic rings. The Morgan fingerprint density at radius 3 is 3.17 bits per heavy atom. The third kappa shape index (κ3) is 0.902. The van der Waals surface area contributed by atoms with Crippen molar-refractivity contribution in [2.75, 3.05) is 5.73 Å². The standard InChI is InChI=1S/C7H7N3OS/c1-3-5-4(2-12-3)6(11)10-7(8)9-5/h2H,1H3,(H3,8,9,10,11). The number of nitrogen functional groups attached to an aromatic ring is 1. The van der Waals surface area contributed by atoms with E-state index < -0.39 is 0 Å². The quantitative estimate of drug-likeness (QED) is 0.633. The number of nitrogens with zero attached hydrogens (tertiary/aromatic N) is 1. The average Bonchev–Trinajstić information content (AvgIpc) is 2.33. The van der Waals surface area contributed by atoms with Crippen molar-refractivity contribution < 1.29 is 0 Å². The minimum absolute atomic E-state index is 0.165. The molecule has 0 fully saturated rings. The van der Waals surface area contributed by atoms with Crippen molar-refractivity contribution in [3.63, 3.8) is 0 Å². The van der Waals surface area contributed by atoms with Crippen LogP contribution in [0.2, 0.25) is 0 Å². The number of rotatable bonds is 0. The topological polar surface area (TPSA) is 71.8 Å². The van der Waals surface area contributed by atoms with Gasteiger partial charge in [-0.1, -0.05) is 0 Å². The molecule has 3 N–H and O–H groups in total. The maximum absolute atomic E-state index is 11.2. The molecule has 2 rings (SSSR count). The molecule has 0 bridgehead atoms. The lowest BCUT2D eigenvalue weighted by atomic mass is 10.3. The lowest BCUT2D eigenvalue weighted by Crippen LogP contribution is -2.09. The van der Waals surface area contributed by atoms with Crippen LogP contribution in [0.4, 0.5) is 5.95 Å². The molecule has 0 unspecified atom stereocenters. The van der Waals surface area contributed by atoms with Crippen molar-refractivity contribution in [3.05, 3.63) is 20.6 Å². The van der Waals surface area contributed by atoms with Crippen LogP contribution in [0.1, 0.15) is 4.88 Å². The van der Waals surface area contributed by atoms with E-state index in [4.69, 9.17) is 5.73 Å². The van der Waals surface area contributed by atoms with Crippen molar-refractivity contribution in [1.29, 1.82) is 0 Å². The predicted molar refractivity (Wildman–Crippen MR) is 49.4 cm³/mol. The predicted octanol–water partition coefficient (Wildman–Crippen LogP) is 0.875. The van der Waals surface area contributed by atoms with E-state index in [1.807, 2.05) is 6.92 Å². The molecule has 0 aromatic carbocycles. The van der Waals surface area contributed by atoms with Crippen molar-refractivity contribution in [1.82, 2.24) is 9.97 Å². The molecule has 0 spiro atoms. The summed E-state index contributed by atoms with van der Waals surface area (Å²) >= 11 is 1.50. The monoisotopic (exact) mass is 181 g/mol. The summed E-state index contributed by atoms with van der Waals surface area (Å²) in [7, 11) is 0. The highest BCUT2D eigenvalue weighted by molar-refractivity contribution is 7.11. The molecular formula is C7H7N3OS. The number of anilines is 1. The number of aromatic nitrogens is 2. The summed E-state index contributed by atoms with van der Waals surface area (Å²) in [6.45, 7) is 1.92. The molecule has 62 valence electrons. The number of H-pyrrole nitrogens is 1. The molecule has 5 heteroatoms. The van der Waals surface area contributed by atoms with Gasteiger partial charge in [0.05, 0.1) is 10.9 Å². The fourth-order valence-electron chi connectivity index (χ4n) is 1.08. The Morgan fingerprint density at radius 1 is 1.67 bits per heavy atom. The summed E-state index contributed by atoms with van der Waals surface area (Å²) in [5.74, 6) is 0.175. The molecule has 0 atom stereocenters. The number of thiophene rings is 1. The fourth-order valence-corrected chi connectivity index (χ4v) is 1.86. The smallest absolute Gasteiger partial charge is 0.261 e. The Labute approximate surface area is 72.1 Å². The fraction of sp³-hybridized carbons (Fsp3) is 0.143. The molecule has 0 aliphatic carbocycles. The lowest BCUT2D eigenvalue weighted by Gasteiger charge is -1.92. The van der Waals surface area contributed by atoms with E-state index in [0.29, 0.717) is 10.9 Å². The molecule has 4 nitrogen and oxygen atoms in total. The second kappa shape index (κ2) is 2.31. The molecule has 0 saturated carbocycles. The Morgan fingerprint density at radius 2 is 2.42 bits per heavy atom. The van der Waals surface area contributed by atoms with Gasteiger partial charge in [0.1, 0.15) is 0 Å². The van der Waals surface area contributed by atoms with E-state index in [9.17, 15) is 4.79 Å². The molecule has 2 aromatic rings. The number of aryl methyl sites for hydroxylation is 1. The van der Waals surface area contributed by atoms with Gasteiger partial charge in [0.15, 0.2) is 0 Å². The van der Waals surface area contributed by atoms with Gasteiger partial charge < -0.3 is 5.73 Å². The zero-order valence-electron chi connectivity index (χ0n) is 6.42. The van der Waals surface area contributed by atoms with Crippen LogP contribution in [-0.2, 0) is 0 Å². The van der Waals surface area contributed by atoms with Gasteiger partial charge in [-0.25, -0.2) is 4.98 Å². The summed E-state index contributed by atoms with van der Waals surface area (Å²) in [6, 6.07) is 0. The normalized spacial score (nSPS) is 10.8. The van der Waals surface area contributed by atoms with Gasteiger partial charge in [0.25, 0.3) is 5.56 Å².